The van der Waals surface area contributed by atoms with Gasteiger partial charge < -0.3 is 25.6 Å². The Morgan fingerprint density at radius 1 is 1.24 bits per heavy atom. The molecule has 10 nitrogen and oxygen atoms in total. The molecule has 0 atom stereocenters. The van der Waals surface area contributed by atoms with E-state index in [9.17, 15) is 4.79 Å². The molecule has 0 unspecified atom stereocenters. The van der Waals surface area contributed by atoms with Crippen LogP contribution < -0.4 is 15.8 Å². The first-order valence-corrected chi connectivity index (χ1v) is 11.6. The van der Waals surface area contributed by atoms with Gasteiger partial charge in [0.2, 0.25) is 11.9 Å². The number of fused-ring (bicyclic) bond motifs is 1. The Hall–Kier alpha value is -3.40. The molecule has 0 radical (unpaired) electrons. The van der Waals surface area contributed by atoms with Crippen molar-refractivity contribution in [3.05, 3.63) is 35.5 Å². The number of hydrogen-bond donors (Lipinski definition) is 2. The summed E-state index contributed by atoms with van der Waals surface area (Å²) < 4.78 is 7.47. The van der Waals surface area contributed by atoms with E-state index in [0.717, 1.165) is 48.3 Å². The van der Waals surface area contributed by atoms with Crippen molar-refractivity contribution < 1.29 is 9.53 Å². The normalized spacial score (nSPS) is 11.2. The van der Waals surface area contributed by atoms with Crippen LogP contribution in [0.5, 0.6) is 5.75 Å². The Morgan fingerprint density at radius 2 is 2.03 bits per heavy atom. The number of nitrogens with zero attached hydrogens (tertiary/aromatic N) is 6. The molecule has 3 aromatic rings. The number of benzene rings is 1. The fraction of sp³-hybridized carbons (Fsp3) is 0.500. The van der Waals surface area contributed by atoms with E-state index in [0.29, 0.717) is 30.8 Å². The average Bonchev–Trinajstić information content (AvgIpc) is 3.20. The summed E-state index contributed by atoms with van der Waals surface area (Å²) in [5.41, 5.74) is 9.38. The second-order valence-electron chi connectivity index (χ2n) is 8.70. The third-order valence-electron chi connectivity index (χ3n) is 5.61. The number of nitrogen functional groups attached to an aromatic ring is 1. The summed E-state index contributed by atoms with van der Waals surface area (Å²) >= 11 is 0. The van der Waals surface area contributed by atoms with Crippen molar-refractivity contribution >= 4 is 28.7 Å². The Bertz CT molecular complexity index is 1110. The van der Waals surface area contributed by atoms with Gasteiger partial charge in [-0.05, 0) is 38.2 Å². The number of hydrogen-bond acceptors (Lipinski definition) is 8. The van der Waals surface area contributed by atoms with Crippen LogP contribution in [-0.2, 0) is 17.9 Å². The lowest BCUT2D eigenvalue weighted by Crippen LogP contribution is -2.29. The van der Waals surface area contributed by atoms with E-state index in [-0.39, 0.29) is 11.9 Å². The van der Waals surface area contributed by atoms with Gasteiger partial charge in [0.05, 0.1) is 19.9 Å². The molecule has 34 heavy (non-hydrogen) atoms. The number of unbranched alkanes of at least 4 members (excludes halogenated alkanes) is 1. The molecule has 0 fully saturated rings. The van der Waals surface area contributed by atoms with Crippen molar-refractivity contribution in [1.29, 1.82) is 0 Å². The lowest BCUT2D eigenvalue weighted by atomic mass is 10.1. The fourth-order valence-corrected chi connectivity index (χ4v) is 3.73. The maximum absolute atomic E-state index is 12.5. The molecule has 0 aliphatic heterocycles. The molecule has 0 spiro atoms. The zero-order chi connectivity index (χ0) is 24.7. The van der Waals surface area contributed by atoms with Gasteiger partial charge in [0.25, 0.3) is 0 Å². The Balaban J connectivity index is 1.85. The fourth-order valence-electron chi connectivity index (χ4n) is 3.73. The second-order valence-corrected chi connectivity index (χ2v) is 8.70. The summed E-state index contributed by atoms with van der Waals surface area (Å²) in [6.45, 7) is 4.65. The first kappa shape index (κ1) is 25.2. The van der Waals surface area contributed by atoms with Crippen molar-refractivity contribution in [3.8, 4) is 5.75 Å². The standard InChI is InChI=1S/C24H36N8O2/c1-6-7-11-26-23-22-19(28-24(25)29-23)14-27-32(22)16-18-13-17(8-9-20(18)34-5)15-31(4)21(33)10-12-30(2)3/h8-9,13-14H,6-7,10-12,15-16H2,1-5H3,(H3,25,26,28,29). The number of amides is 1. The van der Waals surface area contributed by atoms with E-state index in [1.54, 1.807) is 18.2 Å². The van der Waals surface area contributed by atoms with Crippen LogP contribution in [0.15, 0.2) is 24.4 Å². The van der Waals surface area contributed by atoms with Crippen molar-refractivity contribution in [3.63, 3.8) is 0 Å². The highest BCUT2D eigenvalue weighted by molar-refractivity contribution is 5.86. The van der Waals surface area contributed by atoms with Crippen molar-refractivity contribution in [2.75, 3.05) is 52.4 Å². The van der Waals surface area contributed by atoms with E-state index in [4.69, 9.17) is 10.5 Å². The van der Waals surface area contributed by atoms with E-state index in [1.165, 1.54) is 0 Å². The highest BCUT2D eigenvalue weighted by atomic mass is 16.5. The molecule has 2 heterocycles. The number of rotatable bonds is 12. The first-order chi connectivity index (χ1) is 16.3. The molecule has 2 aromatic heterocycles. The third kappa shape index (κ3) is 6.34. The molecular formula is C24H36N8O2. The van der Waals surface area contributed by atoms with Crippen LogP contribution >= 0.6 is 0 Å². The summed E-state index contributed by atoms with van der Waals surface area (Å²) in [5.74, 6) is 1.76. The molecule has 10 heteroatoms. The van der Waals surface area contributed by atoms with Gasteiger partial charge in [-0.15, -0.1) is 0 Å². The summed E-state index contributed by atoms with van der Waals surface area (Å²) in [7, 11) is 7.41. The number of aromatic nitrogens is 4. The minimum absolute atomic E-state index is 0.113. The number of nitrogens with two attached hydrogens (primary N) is 1. The van der Waals surface area contributed by atoms with Crippen LogP contribution in [0.2, 0.25) is 0 Å². The van der Waals surface area contributed by atoms with Crippen molar-refractivity contribution in [2.45, 2.75) is 39.3 Å². The van der Waals surface area contributed by atoms with Crippen LogP contribution in [0.4, 0.5) is 11.8 Å². The van der Waals surface area contributed by atoms with Crippen LogP contribution in [-0.4, -0.2) is 76.8 Å². The number of carbonyl (C=O) groups is 1. The molecule has 0 bridgehead atoms. The quantitative estimate of drug-likeness (QED) is 0.390. The van der Waals surface area contributed by atoms with Crippen LogP contribution in [0, 0.1) is 0 Å². The van der Waals surface area contributed by atoms with Gasteiger partial charge >= 0.3 is 0 Å². The minimum atomic E-state index is 0.113. The Labute approximate surface area is 201 Å². The SMILES string of the molecule is CCCCNc1nc(N)nc2cnn(Cc3cc(CN(C)C(=O)CCN(C)C)ccc3OC)c12. The number of nitrogens with one attached hydrogen (secondary N) is 1. The van der Waals surface area contributed by atoms with Gasteiger partial charge in [0.1, 0.15) is 16.8 Å². The van der Waals surface area contributed by atoms with Crippen LogP contribution in [0.1, 0.15) is 37.3 Å². The molecule has 3 N–H and O–H groups in total. The van der Waals surface area contributed by atoms with Gasteiger partial charge in [0, 0.05) is 38.7 Å². The summed E-state index contributed by atoms with van der Waals surface area (Å²) in [4.78, 5) is 25.0. The molecule has 0 aliphatic carbocycles. The summed E-state index contributed by atoms with van der Waals surface area (Å²) in [6.07, 6.45) is 4.29. The minimum Gasteiger partial charge on any atom is -0.496 e. The maximum Gasteiger partial charge on any atom is 0.223 e. The molecule has 1 aromatic carbocycles. The van der Waals surface area contributed by atoms with Gasteiger partial charge in [-0.1, -0.05) is 19.4 Å². The predicted octanol–water partition coefficient (Wildman–Crippen LogP) is 2.59. The number of ether oxygens (including phenoxy) is 1. The van der Waals surface area contributed by atoms with E-state index < -0.39 is 0 Å². The second kappa shape index (κ2) is 11.6. The van der Waals surface area contributed by atoms with E-state index in [2.05, 4.69) is 33.4 Å². The topological polar surface area (TPSA) is 114 Å². The maximum atomic E-state index is 12.5. The van der Waals surface area contributed by atoms with Gasteiger partial charge in [-0.25, -0.2) is 4.98 Å². The van der Waals surface area contributed by atoms with Crippen LogP contribution in [0.25, 0.3) is 11.0 Å². The average molecular weight is 469 g/mol. The van der Waals surface area contributed by atoms with Crippen LogP contribution in [0.3, 0.4) is 0 Å². The molecule has 184 valence electrons. The molecule has 3 rings (SSSR count). The summed E-state index contributed by atoms with van der Waals surface area (Å²) in [6, 6.07) is 5.98. The summed E-state index contributed by atoms with van der Waals surface area (Å²) in [5, 5.41) is 7.92. The third-order valence-corrected chi connectivity index (χ3v) is 5.61. The highest BCUT2D eigenvalue weighted by Crippen LogP contribution is 2.26. The number of anilines is 2. The zero-order valence-electron chi connectivity index (χ0n) is 20.8. The Morgan fingerprint density at radius 3 is 2.74 bits per heavy atom. The number of carbonyl (C=O) groups excluding carboxylic acids is 1. The monoisotopic (exact) mass is 468 g/mol. The molecule has 1 amide bonds. The predicted molar refractivity (Wildman–Crippen MR) is 135 cm³/mol. The molecule has 0 saturated heterocycles. The van der Waals surface area contributed by atoms with E-state index >= 15 is 0 Å². The molecule has 0 saturated carbocycles. The van der Waals surface area contributed by atoms with Gasteiger partial charge in [0.15, 0.2) is 5.82 Å². The zero-order valence-corrected chi connectivity index (χ0v) is 20.8. The van der Waals surface area contributed by atoms with E-state index in [1.807, 2.05) is 42.9 Å². The smallest absolute Gasteiger partial charge is 0.223 e. The molecular weight excluding hydrogens is 432 g/mol. The van der Waals surface area contributed by atoms with Crippen molar-refractivity contribution in [2.24, 2.45) is 0 Å². The lowest BCUT2D eigenvalue weighted by molar-refractivity contribution is -0.130. The lowest BCUT2D eigenvalue weighted by Gasteiger charge is -2.20. The Kier molecular flexibility index (Phi) is 8.64. The van der Waals surface area contributed by atoms with Gasteiger partial charge in [-0.3, -0.25) is 9.48 Å². The van der Waals surface area contributed by atoms with Gasteiger partial charge in [-0.2, -0.15) is 10.1 Å². The molecule has 0 aliphatic rings. The highest BCUT2D eigenvalue weighted by Gasteiger charge is 2.16. The van der Waals surface area contributed by atoms with Crippen molar-refractivity contribution in [1.82, 2.24) is 29.5 Å². The number of methoxy groups -OCH3 is 1. The largest absolute Gasteiger partial charge is 0.496 e. The first-order valence-electron chi connectivity index (χ1n) is 11.6.